The lowest BCUT2D eigenvalue weighted by molar-refractivity contribution is 0.483. The lowest BCUT2D eigenvalue weighted by Crippen LogP contribution is -2.15. The quantitative estimate of drug-likeness (QED) is 0.753. The molecule has 0 aliphatic rings. The van der Waals surface area contributed by atoms with Crippen molar-refractivity contribution in [2.45, 2.75) is 9.79 Å². The van der Waals surface area contributed by atoms with Crippen LogP contribution in [0.4, 0.5) is 4.39 Å². The molecule has 2 aromatic rings. The Morgan fingerprint density at radius 2 is 1.64 bits per heavy atom. The van der Waals surface area contributed by atoms with Gasteiger partial charge in [0, 0.05) is 5.56 Å². The van der Waals surface area contributed by atoms with Crippen molar-refractivity contribution in [1.82, 2.24) is 0 Å². The van der Waals surface area contributed by atoms with Crippen LogP contribution in [-0.2, 0) is 20.1 Å². The minimum atomic E-state index is -4.72. The van der Waals surface area contributed by atoms with Gasteiger partial charge in [-0.3, -0.25) is 4.55 Å². The molecule has 0 atom stereocenters. The summed E-state index contributed by atoms with van der Waals surface area (Å²) in [6.07, 6.45) is 0. The second kappa shape index (κ2) is 5.70. The summed E-state index contributed by atoms with van der Waals surface area (Å²) in [5.74, 6) is -0.620. The Morgan fingerprint density at radius 1 is 1.05 bits per heavy atom. The van der Waals surface area contributed by atoms with Gasteiger partial charge in [-0.15, -0.1) is 0 Å². The van der Waals surface area contributed by atoms with E-state index in [4.69, 9.17) is 5.14 Å². The molecule has 0 saturated heterocycles. The molecule has 118 valence electrons. The molecule has 0 aromatic heterocycles. The van der Waals surface area contributed by atoms with Crippen molar-refractivity contribution in [3.05, 3.63) is 46.7 Å². The van der Waals surface area contributed by atoms with Crippen molar-refractivity contribution in [3.63, 3.8) is 0 Å². The molecule has 0 aliphatic carbocycles. The first kappa shape index (κ1) is 17.0. The summed E-state index contributed by atoms with van der Waals surface area (Å²) in [6.45, 7) is 0. The first-order chi connectivity index (χ1) is 10.0. The van der Waals surface area contributed by atoms with Gasteiger partial charge in [-0.1, -0.05) is 12.1 Å². The van der Waals surface area contributed by atoms with Gasteiger partial charge in [0.25, 0.3) is 10.1 Å². The van der Waals surface area contributed by atoms with E-state index in [-0.39, 0.29) is 15.6 Å². The van der Waals surface area contributed by atoms with Crippen LogP contribution in [0.3, 0.4) is 0 Å². The molecule has 0 bridgehead atoms. The van der Waals surface area contributed by atoms with Gasteiger partial charge >= 0.3 is 0 Å². The summed E-state index contributed by atoms with van der Waals surface area (Å²) < 4.78 is 68.9. The SMILES string of the molecule is NS(=O)(=O)c1cccc(S(=O)(=O)O)c1-c1ccc(F)c(Br)c1. The summed E-state index contributed by atoms with van der Waals surface area (Å²) in [5.41, 5.74) is -0.265. The molecule has 0 spiro atoms. The molecule has 0 heterocycles. The molecule has 0 aliphatic heterocycles. The third-order valence-corrected chi connectivity index (χ3v) is 5.24. The molecule has 2 rings (SSSR count). The minimum Gasteiger partial charge on any atom is -0.282 e. The Kier molecular flexibility index (Phi) is 4.42. The van der Waals surface area contributed by atoms with Crippen molar-refractivity contribution in [1.29, 1.82) is 0 Å². The highest BCUT2D eigenvalue weighted by Crippen LogP contribution is 2.35. The van der Waals surface area contributed by atoms with Crippen LogP contribution in [0.5, 0.6) is 0 Å². The van der Waals surface area contributed by atoms with Crippen LogP contribution < -0.4 is 5.14 Å². The first-order valence-corrected chi connectivity index (χ1v) is 9.38. The van der Waals surface area contributed by atoms with Crippen molar-refractivity contribution >= 4 is 36.1 Å². The number of nitrogens with two attached hydrogens (primary N) is 1. The van der Waals surface area contributed by atoms with E-state index in [2.05, 4.69) is 15.9 Å². The van der Waals surface area contributed by atoms with Gasteiger partial charge < -0.3 is 0 Å². The molecule has 0 radical (unpaired) electrons. The van der Waals surface area contributed by atoms with Crippen LogP contribution >= 0.6 is 15.9 Å². The van der Waals surface area contributed by atoms with Crippen LogP contribution in [0.25, 0.3) is 11.1 Å². The lowest BCUT2D eigenvalue weighted by Gasteiger charge is -2.12. The van der Waals surface area contributed by atoms with E-state index in [1.807, 2.05) is 0 Å². The molecular weight excluding hydrogens is 401 g/mol. The third-order valence-electron chi connectivity index (χ3n) is 2.78. The third kappa shape index (κ3) is 3.36. The highest BCUT2D eigenvalue weighted by atomic mass is 79.9. The molecule has 0 saturated carbocycles. The summed E-state index contributed by atoms with van der Waals surface area (Å²) in [4.78, 5) is -1.14. The molecular formula is C12H9BrFNO5S2. The Bertz CT molecular complexity index is 907. The summed E-state index contributed by atoms with van der Waals surface area (Å²) >= 11 is 2.93. The van der Waals surface area contributed by atoms with Crippen molar-refractivity contribution < 1.29 is 25.8 Å². The molecule has 10 heteroatoms. The van der Waals surface area contributed by atoms with E-state index >= 15 is 0 Å². The number of hydrogen-bond acceptors (Lipinski definition) is 4. The van der Waals surface area contributed by atoms with E-state index in [0.717, 1.165) is 24.3 Å². The molecule has 0 fully saturated rings. The number of halogens is 2. The van der Waals surface area contributed by atoms with Gasteiger partial charge in [0.2, 0.25) is 10.0 Å². The maximum atomic E-state index is 13.3. The largest absolute Gasteiger partial charge is 0.295 e. The van der Waals surface area contributed by atoms with Crippen LogP contribution in [0.15, 0.2) is 50.7 Å². The van der Waals surface area contributed by atoms with E-state index in [1.165, 1.54) is 12.1 Å². The van der Waals surface area contributed by atoms with Crippen LogP contribution in [0, 0.1) is 5.82 Å². The normalized spacial score (nSPS) is 12.4. The van der Waals surface area contributed by atoms with Crippen molar-refractivity contribution in [2.24, 2.45) is 5.14 Å². The Labute approximate surface area is 134 Å². The predicted octanol–water partition coefficient (Wildman–Crippen LogP) is 2.15. The predicted molar refractivity (Wildman–Crippen MR) is 80.7 cm³/mol. The molecule has 0 unspecified atom stereocenters. The average molecular weight is 410 g/mol. The van der Waals surface area contributed by atoms with Gasteiger partial charge in [0.05, 0.1) is 9.37 Å². The maximum absolute atomic E-state index is 13.3. The number of benzene rings is 2. The number of hydrogen-bond donors (Lipinski definition) is 2. The lowest BCUT2D eigenvalue weighted by atomic mass is 10.1. The molecule has 3 N–H and O–H groups in total. The van der Waals surface area contributed by atoms with Gasteiger partial charge in [-0.25, -0.2) is 17.9 Å². The van der Waals surface area contributed by atoms with Gasteiger partial charge in [-0.2, -0.15) is 8.42 Å². The minimum absolute atomic E-state index is 0.00416. The van der Waals surface area contributed by atoms with Gasteiger partial charge in [0.15, 0.2) is 0 Å². The van der Waals surface area contributed by atoms with E-state index < -0.39 is 35.7 Å². The highest BCUT2D eigenvalue weighted by Gasteiger charge is 2.24. The Balaban J connectivity index is 2.96. The average Bonchev–Trinajstić information content (AvgIpc) is 2.39. The summed E-state index contributed by atoms with van der Waals surface area (Å²) in [6, 6.07) is 6.64. The van der Waals surface area contributed by atoms with E-state index in [1.54, 1.807) is 0 Å². The highest BCUT2D eigenvalue weighted by molar-refractivity contribution is 9.10. The monoisotopic (exact) mass is 409 g/mol. The van der Waals surface area contributed by atoms with Crippen molar-refractivity contribution in [3.8, 4) is 11.1 Å². The molecule has 0 amide bonds. The number of sulfonamides is 1. The van der Waals surface area contributed by atoms with E-state index in [9.17, 15) is 25.8 Å². The van der Waals surface area contributed by atoms with Crippen LogP contribution in [0.2, 0.25) is 0 Å². The fourth-order valence-electron chi connectivity index (χ4n) is 1.90. The zero-order valence-corrected chi connectivity index (χ0v) is 13.9. The topological polar surface area (TPSA) is 115 Å². The Hall–Kier alpha value is -1.33. The zero-order valence-electron chi connectivity index (χ0n) is 10.7. The molecule has 6 nitrogen and oxygen atoms in total. The van der Waals surface area contributed by atoms with Gasteiger partial charge in [-0.05, 0) is 45.8 Å². The summed E-state index contributed by atoms with van der Waals surface area (Å²) in [5, 5.41) is 5.09. The maximum Gasteiger partial charge on any atom is 0.295 e. The second-order valence-electron chi connectivity index (χ2n) is 4.28. The molecule has 2 aromatic carbocycles. The number of rotatable bonds is 3. The smallest absolute Gasteiger partial charge is 0.282 e. The van der Waals surface area contributed by atoms with E-state index in [0.29, 0.717) is 0 Å². The zero-order chi connectivity index (χ0) is 16.7. The first-order valence-electron chi connectivity index (χ1n) is 5.60. The fraction of sp³-hybridized carbons (Fsp3) is 0. The van der Waals surface area contributed by atoms with Crippen LogP contribution in [-0.4, -0.2) is 21.4 Å². The van der Waals surface area contributed by atoms with Gasteiger partial charge in [0.1, 0.15) is 10.7 Å². The molecule has 22 heavy (non-hydrogen) atoms. The van der Waals surface area contributed by atoms with Crippen LogP contribution in [0.1, 0.15) is 0 Å². The number of primary sulfonamides is 1. The fourth-order valence-corrected chi connectivity index (χ4v) is 3.86. The second-order valence-corrected chi connectivity index (χ2v) is 8.05. The summed E-state index contributed by atoms with van der Waals surface area (Å²) in [7, 11) is -8.99. The Morgan fingerprint density at radius 3 is 2.14 bits per heavy atom. The standard InChI is InChI=1S/C12H9BrFNO5S2/c13-8-6-7(4-5-9(8)14)12-10(21(15,16)17)2-1-3-11(12)22(18,19)20/h1-6H,(H2,15,16,17)(H,18,19,20). The van der Waals surface area contributed by atoms with Crippen molar-refractivity contribution in [2.75, 3.05) is 0 Å².